The Morgan fingerprint density at radius 3 is 2.76 bits per heavy atom. The van der Waals surface area contributed by atoms with Gasteiger partial charge >= 0.3 is 5.97 Å². The van der Waals surface area contributed by atoms with Crippen molar-refractivity contribution in [1.82, 2.24) is 0 Å². The molecule has 0 fully saturated rings. The molecule has 17 heavy (non-hydrogen) atoms. The molecule has 0 rings (SSSR count). The van der Waals surface area contributed by atoms with Crippen LogP contribution in [-0.2, 0) is 14.3 Å². The smallest absolute Gasteiger partial charge is 0.323 e. The molecule has 0 spiro atoms. The fourth-order valence-electron chi connectivity index (χ4n) is 1.01. The summed E-state index contributed by atoms with van der Waals surface area (Å²) in [5, 5.41) is 0. The second-order valence-corrected chi connectivity index (χ2v) is 6.22. The van der Waals surface area contributed by atoms with Gasteiger partial charge in [0.2, 0.25) is 0 Å². The molecule has 0 aliphatic heterocycles. The number of thiol groups is 1. The highest BCUT2D eigenvalue weighted by Crippen LogP contribution is 2.23. The molecule has 2 N–H and O–H groups in total. The van der Waals surface area contributed by atoms with Crippen molar-refractivity contribution in [3.63, 3.8) is 0 Å². The molecule has 4 nitrogen and oxygen atoms in total. The molecule has 1 unspecified atom stereocenters. The quantitative estimate of drug-likeness (QED) is 0.200. The van der Waals surface area contributed by atoms with Crippen LogP contribution in [0.1, 0.15) is 19.3 Å². The number of carbonyl (C=O) groups excluding carboxylic acids is 1. The fraction of sp³-hybridized carbons (Fsp3) is 0.900. The van der Waals surface area contributed by atoms with Gasteiger partial charge in [-0.15, -0.1) is 0 Å². The van der Waals surface area contributed by atoms with Crippen LogP contribution in [0.2, 0.25) is 0 Å². The maximum Gasteiger partial charge on any atom is 0.323 e. The summed E-state index contributed by atoms with van der Waals surface area (Å²) in [6.07, 6.45) is 3.39. The van der Waals surface area contributed by atoms with Crippen LogP contribution in [0.5, 0.6) is 0 Å². The van der Waals surface area contributed by atoms with E-state index in [0.29, 0.717) is 11.7 Å². The van der Waals surface area contributed by atoms with Gasteiger partial charge in [0.25, 0.3) is 0 Å². The summed E-state index contributed by atoms with van der Waals surface area (Å²) in [6.45, 7) is 0.786. The molecule has 0 radical (unpaired) electrons. The molecular formula is C10H21NO3S3. The first-order valence-corrected chi connectivity index (χ1v) is 8.60. The van der Waals surface area contributed by atoms with Crippen molar-refractivity contribution in [1.29, 1.82) is 0 Å². The van der Waals surface area contributed by atoms with E-state index in [0.717, 1.165) is 31.6 Å². The van der Waals surface area contributed by atoms with Gasteiger partial charge in [-0.1, -0.05) is 28.0 Å². The Bertz CT molecular complexity index is 196. The average Bonchev–Trinajstić information content (AvgIpc) is 2.35. The zero-order chi connectivity index (χ0) is 12.9. The standard InChI is InChI=1S/C10H21NO3S3/c1-13-10(12)9(11)7-17-16-6-4-2-3-5-14-8-15/h9,15H,2-8,11H2,1H3. The molecule has 0 saturated carbocycles. The lowest BCUT2D eigenvalue weighted by molar-refractivity contribution is -0.141. The Labute approximate surface area is 117 Å². The number of rotatable bonds is 11. The van der Waals surface area contributed by atoms with E-state index in [1.54, 1.807) is 21.6 Å². The maximum absolute atomic E-state index is 11.0. The monoisotopic (exact) mass is 299 g/mol. The van der Waals surface area contributed by atoms with Gasteiger partial charge in [0.15, 0.2) is 0 Å². The van der Waals surface area contributed by atoms with Gasteiger partial charge in [-0.25, -0.2) is 0 Å². The van der Waals surface area contributed by atoms with E-state index in [4.69, 9.17) is 10.5 Å². The normalized spacial score (nSPS) is 12.4. The highest BCUT2D eigenvalue weighted by molar-refractivity contribution is 8.76. The van der Waals surface area contributed by atoms with Crippen molar-refractivity contribution in [3.8, 4) is 0 Å². The van der Waals surface area contributed by atoms with Crippen molar-refractivity contribution in [2.45, 2.75) is 25.3 Å². The second kappa shape index (κ2) is 12.9. The average molecular weight is 299 g/mol. The zero-order valence-electron chi connectivity index (χ0n) is 10.1. The minimum atomic E-state index is -0.513. The first kappa shape index (κ1) is 17.4. The molecule has 1 atom stereocenters. The topological polar surface area (TPSA) is 61.5 Å². The third kappa shape index (κ3) is 11.3. The van der Waals surface area contributed by atoms with Crippen molar-refractivity contribution in [2.75, 3.05) is 31.2 Å². The van der Waals surface area contributed by atoms with Crippen molar-refractivity contribution in [2.24, 2.45) is 5.73 Å². The third-order valence-corrected chi connectivity index (χ3v) is 4.65. The third-order valence-electron chi connectivity index (χ3n) is 1.94. The molecule has 0 amide bonds. The Balaban J connectivity index is 3.15. The van der Waals surface area contributed by atoms with Crippen molar-refractivity contribution < 1.29 is 14.3 Å². The summed E-state index contributed by atoms with van der Waals surface area (Å²) in [5.74, 6) is 1.82. The van der Waals surface area contributed by atoms with Crippen LogP contribution in [0.4, 0.5) is 0 Å². The lowest BCUT2D eigenvalue weighted by Crippen LogP contribution is -2.33. The van der Waals surface area contributed by atoms with E-state index >= 15 is 0 Å². The van der Waals surface area contributed by atoms with Crippen LogP contribution in [0.3, 0.4) is 0 Å². The Kier molecular flexibility index (Phi) is 13.2. The minimum Gasteiger partial charge on any atom is -0.468 e. The summed E-state index contributed by atoms with van der Waals surface area (Å²) in [7, 11) is 4.72. The van der Waals surface area contributed by atoms with Crippen LogP contribution < -0.4 is 5.73 Å². The van der Waals surface area contributed by atoms with Crippen LogP contribution in [0, 0.1) is 0 Å². The predicted octanol–water partition coefficient (Wildman–Crippen LogP) is 1.94. The zero-order valence-corrected chi connectivity index (χ0v) is 12.6. The van der Waals surface area contributed by atoms with Crippen LogP contribution in [0.25, 0.3) is 0 Å². The van der Waals surface area contributed by atoms with Crippen molar-refractivity contribution >= 4 is 40.2 Å². The van der Waals surface area contributed by atoms with Gasteiger partial charge in [-0.3, -0.25) is 4.79 Å². The Hall–Kier alpha value is 0.440. The molecule has 102 valence electrons. The van der Waals surface area contributed by atoms with Gasteiger partial charge in [0.05, 0.1) is 13.0 Å². The highest BCUT2D eigenvalue weighted by atomic mass is 33.1. The maximum atomic E-state index is 11.0. The summed E-state index contributed by atoms with van der Waals surface area (Å²) in [4.78, 5) is 11.0. The first-order chi connectivity index (χ1) is 8.22. The summed E-state index contributed by atoms with van der Waals surface area (Å²) in [5.41, 5.74) is 5.59. The summed E-state index contributed by atoms with van der Waals surface area (Å²) >= 11 is 3.96. The molecular weight excluding hydrogens is 278 g/mol. The molecule has 0 heterocycles. The predicted molar refractivity (Wildman–Crippen MR) is 78.6 cm³/mol. The van der Waals surface area contributed by atoms with Crippen LogP contribution in [-0.4, -0.2) is 43.2 Å². The number of esters is 1. The molecule has 0 aliphatic carbocycles. The Morgan fingerprint density at radius 1 is 1.35 bits per heavy atom. The molecule has 0 aromatic heterocycles. The molecule has 0 aromatic carbocycles. The van der Waals surface area contributed by atoms with Gasteiger partial charge in [0, 0.05) is 18.1 Å². The van der Waals surface area contributed by atoms with Gasteiger partial charge in [-0.2, -0.15) is 12.6 Å². The number of methoxy groups -OCH3 is 1. The summed E-state index contributed by atoms with van der Waals surface area (Å²) < 4.78 is 9.65. The number of carbonyl (C=O) groups is 1. The largest absolute Gasteiger partial charge is 0.468 e. The van der Waals surface area contributed by atoms with E-state index in [1.165, 1.54) is 7.11 Å². The molecule has 0 bridgehead atoms. The van der Waals surface area contributed by atoms with Crippen molar-refractivity contribution in [3.05, 3.63) is 0 Å². The van der Waals surface area contributed by atoms with E-state index in [9.17, 15) is 4.79 Å². The number of hydrogen-bond donors (Lipinski definition) is 2. The molecule has 0 aromatic rings. The lowest BCUT2D eigenvalue weighted by Gasteiger charge is -2.07. The van der Waals surface area contributed by atoms with Gasteiger partial charge in [-0.05, 0) is 12.8 Å². The SMILES string of the molecule is COC(=O)C(N)CSSCCCCCOCS. The van der Waals surface area contributed by atoms with E-state index < -0.39 is 6.04 Å². The van der Waals surface area contributed by atoms with Gasteiger partial charge in [0.1, 0.15) is 6.04 Å². The van der Waals surface area contributed by atoms with E-state index in [2.05, 4.69) is 17.4 Å². The van der Waals surface area contributed by atoms with Gasteiger partial charge < -0.3 is 15.2 Å². The minimum absolute atomic E-state index is 0.345. The summed E-state index contributed by atoms with van der Waals surface area (Å²) in [6, 6.07) is -0.513. The van der Waals surface area contributed by atoms with E-state index in [-0.39, 0.29) is 5.97 Å². The van der Waals surface area contributed by atoms with E-state index in [1.807, 2.05) is 0 Å². The second-order valence-electron chi connectivity index (χ2n) is 3.33. The van der Waals surface area contributed by atoms with Crippen LogP contribution >= 0.6 is 34.2 Å². The molecule has 0 saturated heterocycles. The number of nitrogens with two attached hydrogens (primary N) is 1. The number of ether oxygens (including phenoxy) is 2. The lowest BCUT2D eigenvalue weighted by atomic mass is 10.3. The molecule has 0 aliphatic rings. The molecule has 7 heteroatoms. The number of hydrogen-bond acceptors (Lipinski definition) is 7. The fourth-order valence-corrected chi connectivity index (χ4v) is 3.39. The Morgan fingerprint density at radius 2 is 2.12 bits per heavy atom. The first-order valence-electron chi connectivity index (χ1n) is 5.48. The van der Waals surface area contributed by atoms with Crippen LogP contribution in [0.15, 0.2) is 0 Å². The highest BCUT2D eigenvalue weighted by Gasteiger charge is 2.12. The number of unbranched alkanes of at least 4 members (excludes halogenated alkanes) is 2.